The van der Waals surface area contributed by atoms with E-state index in [1.165, 1.54) is 0 Å². The number of aliphatic hydroxyl groups is 2. The number of hydrogen-bond acceptors (Lipinski definition) is 7. The normalized spacial score (nSPS) is 24.7. The van der Waals surface area contributed by atoms with Crippen LogP contribution in [0.25, 0.3) is 22.4 Å². The summed E-state index contributed by atoms with van der Waals surface area (Å²) in [5, 5.41) is 19.9. The van der Waals surface area contributed by atoms with E-state index in [9.17, 15) is 27.0 Å². The van der Waals surface area contributed by atoms with Gasteiger partial charge in [0.25, 0.3) is 0 Å². The Morgan fingerprint density at radius 3 is 1.38 bits per heavy atom. The zero-order valence-corrected chi connectivity index (χ0v) is 29.1. The number of hydrogen-bond donors (Lipinski definition) is 4. The van der Waals surface area contributed by atoms with Crippen molar-refractivity contribution in [3.8, 4) is 22.4 Å². The SMILES string of the molecule is CC1(O)CCC(NS(=O)(=O)c2ccc(-c3ccccc3)cc2)CC1.CC1(O)CCC(NS(=O)(=O)c2ccc(-c3ccccn3)cc2)CC1. The molecular weight excluding hydrogens is 647 g/mol. The summed E-state index contributed by atoms with van der Waals surface area (Å²) in [6.07, 6.45) is 6.79. The summed E-state index contributed by atoms with van der Waals surface area (Å²) in [6, 6.07) is 28.9. The second kappa shape index (κ2) is 15.0. The average Bonchev–Trinajstić information content (AvgIpc) is 3.08. The average molecular weight is 692 g/mol. The molecular formula is C37H45N3O6S2. The highest BCUT2D eigenvalue weighted by Gasteiger charge is 2.32. The van der Waals surface area contributed by atoms with Crippen LogP contribution in [0.2, 0.25) is 0 Å². The molecule has 0 atom stereocenters. The molecule has 0 amide bonds. The van der Waals surface area contributed by atoms with Gasteiger partial charge in [-0.1, -0.05) is 60.7 Å². The molecule has 1 aromatic heterocycles. The maximum absolute atomic E-state index is 12.5. The quantitative estimate of drug-likeness (QED) is 0.176. The molecule has 9 nitrogen and oxygen atoms in total. The first-order valence-corrected chi connectivity index (χ1v) is 19.3. The van der Waals surface area contributed by atoms with E-state index in [1.807, 2.05) is 60.7 Å². The monoisotopic (exact) mass is 691 g/mol. The maximum atomic E-state index is 12.5. The first-order valence-electron chi connectivity index (χ1n) is 16.4. The standard InChI is InChI=1S/C19H23NO3S.C18H22N2O3S/c1-19(21)13-11-17(12-14-19)20-24(22,23)18-9-7-16(8-10-18)15-5-3-2-4-6-15;1-18(21)11-9-15(10-12-18)20-24(22,23)16-7-5-14(6-8-16)17-4-2-3-13-19-17/h2-10,17,20-21H,11-14H2,1H3;2-8,13,15,20-21H,9-12H2,1H3. The Morgan fingerprint density at radius 1 is 0.562 bits per heavy atom. The Hall–Kier alpha value is -3.45. The van der Waals surface area contributed by atoms with E-state index in [1.54, 1.807) is 56.4 Å². The highest BCUT2D eigenvalue weighted by atomic mass is 32.2. The molecule has 4 N–H and O–H groups in total. The fourth-order valence-corrected chi connectivity index (χ4v) is 8.70. The highest BCUT2D eigenvalue weighted by Crippen LogP contribution is 2.30. The predicted octanol–water partition coefficient (Wildman–Crippen LogP) is 6.05. The number of pyridine rings is 1. The zero-order chi connectivity index (χ0) is 34.4. The Bertz CT molecular complexity index is 1690. The molecule has 256 valence electrons. The molecule has 0 aliphatic heterocycles. The molecule has 2 aliphatic carbocycles. The Kier molecular flexibility index (Phi) is 11.2. The predicted molar refractivity (Wildman–Crippen MR) is 188 cm³/mol. The third kappa shape index (κ3) is 9.81. The molecule has 0 saturated heterocycles. The van der Waals surface area contributed by atoms with Gasteiger partial charge in [-0.15, -0.1) is 0 Å². The van der Waals surface area contributed by atoms with Crippen molar-refractivity contribution in [1.29, 1.82) is 0 Å². The van der Waals surface area contributed by atoms with Crippen LogP contribution in [0.15, 0.2) is 113 Å². The molecule has 0 radical (unpaired) electrons. The summed E-state index contributed by atoms with van der Waals surface area (Å²) in [7, 11) is -7.08. The van der Waals surface area contributed by atoms with Gasteiger partial charge in [-0.25, -0.2) is 26.3 Å². The van der Waals surface area contributed by atoms with E-state index in [-0.39, 0.29) is 21.9 Å². The van der Waals surface area contributed by atoms with Crippen molar-refractivity contribution in [3.05, 3.63) is 103 Å². The summed E-state index contributed by atoms with van der Waals surface area (Å²) < 4.78 is 55.6. The smallest absolute Gasteiger partial charge is 0.240 e. The van der Waals surface area contributed by atoms with E-state index in [2.05, 4.69) is 14.4 Å². The Labute approximate surface area is 284 Å². The topological polar surface area (TPSA) is 146 Å². The van der Waals surface area contributed by atoms with Crippen LogP contribution in [0.1, 0.15) is 65.2 Å². The summed E-state index contributed by atoms with van der Waals surface area (Å²) in [5.74, 6) is 0. The van der Waals surface area contributed by atoms with Crippen molar-refractivity contribution < 1.29 is 27.0 Å². The minimum Gasteiger partial charge on any atom is -0.390 e. The lowest BCUT2D eigenvalue weighted by atomic mass is 9.84. The van der Waals surface area contributed by atoms with Crippen molar-refractivity contribution in [3.63, 3.8) is 0 Å². The fourth-order valence-electron chi connectivity index (χ4n) is 6.09. The molecule has 2 aliphatic rings. The van der Waals surface area contributed by atoms with Crippen LogP contribution in [0.4, 0.5) is 0 Å². The lowest BCUT2D eigenvalue weighted by Crippen LogP contribution is -2.42. The van der Waals surface area contributed by atoms with Crippen LogP contribution < -0.4 is 9.44 Å². The number of nitrogens with zero attached hydrogens (tertiary/aromatic N) is 1. The van der Waals surface area contributed by atoms with Crippen molar-refractivity contribution in [2.24, 2.45) is 0 Å². The van der Waals surface area contributed by atoms with Crippen molar-refractivity contribution >= 4 is 20.0 Å². The molecule has 0 bridgehead atoms. The first kappa shape index (κ1) is 35.8. The molecule has 0 unspecified atom stereocenters. The third-order valence-electron chi connectivity index (χ3n) is 9.17. The van der Waals surface area contributed by atoms with Crippen LogP contribution >= 0.6 is 0 Å². The Balaban J connectivity index is 0.000000188. The van der Waals surface area contributed by atoms with Gasteiger partial charge >= 0.3 is 0 Å². The second-order valence-corrected chi connectivity index (χ2v) is 16.8. The van der Waals surface area contributed by atoms with Gasteiger partial charge in [0.15, 0.2) is 0 Å². The number of sulfonamides is 2. The summed E-state index contributed by atoms with van der Waals surface area (Å²) >= 11 is 0. The lowest BCUT2D eigenvalue weighted by molar-refractivity contribution is 0.0159. The van der Waals surface area contributed by atoms with Gasteiger partial charge in [-0.2, -0.15) is 0 Å². The van der Waals surface area contributed by atoms with E-state index >= 15 is 0 Å². The molecule has 48 heavy (non-hydrogen) atoms. The van der Waals surface area contributed by atoms with Gasteiger partial charge in [-0.05, 0) is 113 Å². The second-order valence-electron chi connectivity index (χ2n) is 13.4. The molecule has 0 spiro atoms. The van der Waals surface area contributed by atoms with Gasteiger partial charge in [0, 0.05) is 23.8 Å². The third-order valence-corrected chi connectivity index (χ3v) is 12.2. The largest absolute Gasteiger partial charge is 0.390 e. The molecule has 1 heterocycles. The molecule has 4 aromatic rings. The van der Waals surface area contributed by atoms with Crippen LogP contribution in [0.3, 0.4) is 0 Å². The van der Waals surface area contributed by atoms with Crippen LogP contribution in [0.5, 0.6) is 0 Å². The van der Waals surface area contributed by atoms with Crippen molar-refractivity contribution in [2.45, 2.75) is 98.3 Å². The van der Waals surface area contributed by atoms with Crippen LogP contribution in [0, 0.1) is 0 Å². The van der Waals surface area contributed by atoms with Crippen LogP contribution in [-0.2, 0) is 20.0 Å². The lowest BCUT2D eigenvalue weighted by Gasteiger charge is -2.33. The van der Waals surface area contributed by atoms with E-state index < -0.39 is 31.2 Å². The summed E-state index contributed by atoms with van der Waals surface area (Å²) in [4.78, 5) is 4.79. The minimum absolute atomic E-state index is 0.107. The minimum atomic E-state index is -3.55. The summed E-state index contributed by atoms with van der Waals surface area (Å²) in [6.45, 7) is 3.61. The molecule has 3 aromatic carbocycles. The van der Waals surface area contributed by atoms with Crippen LogP contribution in [-0.4, -0.2) is 55.3 Å². The fraction of sp³-hybridized carbons (Fsp3) is 0.378. The molecule has 2 saturated carbocycles. The number of benzene rings is 3. The zero-order valence-electron chi connectivity index (χ0n) is 27.4. The maximum Gasteiger partial charge on any atom is 0.240 e. The Morgan fingerprint density at radius 2 is 0.958 bits per heavy atom. The van der Waals surface area contributed by atoms with Gasteiger partial charge < -0.3 is 10.2 Å². The van der Waals surface area contributed by atoms with E-state index in [0.29, 0.717) is 51.4 Å². The van der Waals surface area contributed by atoms with Crippen molar-refractivity contribution in [2.75, 3.05) is 0 Å². The highest BCUT2D eigenvalue weighted by molar-refractivity contribution is 7.89. The van der Waals surface area contributed by atoms with Gasteiger partial charge in [0.2, 0.25) is 20.0 Å². The van der Waals surface area contributed by atoms with E-state index in [0.717, 1.165) is 22.4 Å². The van der Waals surface area contributed by atoms with Gasteiger partial charge in [-0.3, -0.25) is 4.98 Å². The molecule has 11 heteroatoms. The first-order chi connectivity index (χ1) is 22.7. The van der Waals surface area contributed by atoms with E-state index in [4.69, 9.17) is 0 Å². The number of rotatable bonds is 8. The van der Waals surface area contributed by atoms with Crippen molar-refractivity contribution in [1.82, 2.24) is 14.4 Å². The summed E-state index contributed by atoms with van der Waals surface area (Å²) in [5.41, 5.74) is 2.39. The number of aromatic nitrogens is 1. The van der Waals surface area contributed by atoms with Gasteiger partial charge in [0.05, 0.1) is 26.7 Å². The van der Waals surface area contributed by atoms with Gasteiger partial charge in [0.1, 0.15) is 0 Å². The molecule has 6 rings (SSSR count). The number of nitrogens with one attached hydrogen (secondary N) is 2. The molecule has 2 fully saturated rings.